The van der Waals surface area contributed by atoms with Crippen LogP contribution in [0.3, 0.4) is 0 Å². The second-order valence-corrected chi connectivity index (χ2v) is 4.56. The van der Waals surface area contributed by atoms with Gasteiger partial charge in [-0.15, -0.1) is 0 Å². The van der Waals surface area contributed by atoms with Gasteiger partial charge in [-0.25, -0.2) is 8.78 Å². The van der Waals surface area contributed by atoms with E-state index in [-0.39, 0.29) is 11.8 Å². The van der Waals surface area contributed by atoms with E-state index in [0.717, 1.165) is 23.8 Å². The summed E-state index contributed by atoms with van der Waals surface area (Å²) in [6.45, 7) is 1.92. The standard InChI is InChI=1S/C16H17F2NO2/c1-10(19-2)16-13(20-3)5-4-6-14(16)21-15-9-11(17)7-8-12(15)18/h4-10,19H,1-3H3. The van der Waals surface area contributed by atoms with E-state index in [0.29, 0.717) is 11.5 Å². The zero-order valence-electron chi connectivity index (χ0n) is 12.1. The zero-order valence-corrected chi connectivity index (χ0v) is 12.1. The monoisotopic (exact) mass is 293 g/mol. The van der Waals surface area contributed by atoms with E-state index in [1.54, 1.807) is 32.4 Å². The number of ether oxygens (including phenoxy) is 2. The Morgan fingerprint density at radius 2 is 1.76 bits per heavy atom. The minimum atomic E-state index is -0.623. The summed E-state index contributed by atoms with van der Waals surface area (Å²) in [4.78, 5) is 0. The van der Waals surface area contributed by atoms with Crippen LogP contribution in [0.4, 0.5) is 8.78 Å². The molecule has 0 aliphatic carbocycles. The van der Waals surface area contributed by atoms with Crippen LogP contribution in [0.5, 0.6) is 17.2 Å². The average Bonchev–Trinajstić information content (AvgIpc) is 2.49. The molecule has 3 nitrogen and oxygen atoms in total. The van der Waals surface area contributed by atoms with Gasteiger partial charge in [0, 0.05) is 12.1 Å². The minimum Gasteiger partial charge on any atom is -0.496 e. The van der Waals surface area contributed by atoms with Gasteiger partial charge < -0.3 is 14.8 Å². The van der Waals surface area contributed by atoms with Crippen molar-refractivity contribution in [2.75, 3.05) is 14.2 Å². The molecule has 0 saturated carbocycles. The van der Waals surface area contributed by atoms with Crippen LogP contribution in [0.2, 0.25) is 0 Å². The fraction of sp³-hybridized carbons (Fsp3) is 0.250. The molecule has 1 N–H and O–H groups in total. The molecular weight excluding hydrogens is 276 g/mol. The molecule has 21 heavy (non-hydrogen) atoms. The summed E-state index contributed by atoms with van der Waals surface area (Å²) in [5, 5.41) is 3.08. The maximum absolute atomic E-state index is 13.7. The van der Waals surface area contributed by atoms with Gasteiger partial charge >= 0.3 is 0 Å². The van der Waals surface area contributed by atoms with Crippen molar-refractivity contribution in [3.63, 3.8) is 0 Å². The highest BCUT2D eigenvalue weighted by atomic mass is 19.1. The number of benzene rings is 2. The average molecular weight is 293 g/mol. The molecular formula is C16H17F2NO2. The molecule has 5 heteroatoms. The molecule has 0 amide bonds. The van der Waals surface area contributed by atoms with Crippen molar-refractivity contribution in [2.45, 2.75) is 13.0 Å². The van der Waals surface area contributed by atoms with Crippen molar-refractivity contribution in [2.24, 2.45) is 0 Å². The van der Waals surface area contributed by atoms with Gasteiger partial charge in [-0.2, -0.15) is 0 Å². The van der Waals surface area contributed by atoms with Gasteiger partial charge in [-0.05, 0) is 38.2 Å². The van der Waals surface area contributed by atoms with Gasteiger partial charge in [-0.1, -0.05) is 6.07 Å². The molecule has 2 aromatic carbocycles. The quantitative estimate of drug-likeness (QED) is 0.902. The van der Waals surface area contributed by atoms with Crippen molar-refractivity contribution < 1.29 is 18.3 Å². The van der Waals surface area contributed by atoms with E-state index < -0.39 is 11.6 Å². The Kier molecular flexibility index (Phi) is 4.75. The van der Waals surface area contributed by atoms with Crippen molar-refractivity contribution >= 4 is 0 Å². The van der Waals surface area contributed by atoms with Crippen molar-refractivity contribution in [1.82, 2.24) is 5.32 Å². The summed E-state index contributed by atoms with van der Waals surface area (Å²) in [7, 11) is 3.34. The van der Waals surface area contributed by atoms with Gasteiger partial charge in [0.15, 0.2) is 11.6 Å². The molecule has 1 unspecified atom stereocenters. The molecule has 0 aliphatic heterocycles. The highest BCUT2D eigenvalue weighted by Crippen LogP contribution is 2.37. The molecule has 0 aromatic heterocycles. The smallest absolute Gasteiger partial charge is 0.165 e. The Morgan fingerprint density at radius 1 is 1.05 bits per heavy atom. The summed E-state index contributed by atoms with van der Waals surface area (Å²) in [6, 6.07) is 8.23. The van der Waals surface area contributed by atoms with Gasteiger partial charge in [-0.3, -0.25) is 0 Å². The third-order valence-electron chi connectivity index (χ3n) is 3.23. The number of hydrogen-bond acceptors (Lipinski definition) is 3. The highest BCUT2D eigenvalue weighted by molar-refractivity contribution is 5.48. The summed E-state index contributed by atoms with van der Waals surface area (Å²) < 4.78 is 37.8. The number of nitrogens with one attached hydrogen (secondary N) is 1. The van der Waals surface area contributed by atoms with Crippen LogP contribution in [0.15, 0.2) is 36.4 Å². The topological polar surface area (TPSA) is 30.5 Å². The Bertz CT molecular complexity index is 632. The highest BCUT2D eigenvalue weighted by Gasteiger charge is 2.17. The van der Waals surface area contributed by atoms with Crippen LogP contribution >= 0.6 is 0 Å². The molecule has 0 bridgehead atoms. The maximum atomic E-state index is 13.7. The van der Waals surface area contributed by atoms with Crippen LogP contribution in [-0.2, 0) is 0 Å². The number of rotatable bonds is 5. The van der Waals surface area contributed by atoms with E-state index in [2.05, 4.69) is 5.32 Å². The number of hydrogen-bond donors (Lipinski definition) is 1. The van der Waals surface area contributed by atoms with E-state index in [9.17, 15) is 8.78 Å². The Morgan fingerprint density at radius 3 is 2.43 bits per heavy atom. The summed E-state index contributed by atoms with van der Waals surface area (Å²) in [6.07, 6.45) is 0. The lowest BCUT2D eigenvalue weighted by molar-refractivity contribution is 0.387. The van der Waals surface area contributed by atoms with Gasteiger partial charge in [0.05, 0.1) is 12.7 Å². The third-order valence-corrected chi connectivity index (χ3v) is 3.23. The third kappa shape index (κ3) is 3.31. The zero-order chi connectivity index (χ0) is 15.4. The minimum absolute atomic E-state index is 0.0761. The molecule has 0 fully saturated rings. The Hall–Kier alpha value is -2.14. The number of methoxy groups -OCH3 is 1. The first-order valence-electron chi connectivity index (χ1n) is 6.54. The maximum Gasteiger partial charge on any atom is 0.165 e. The molecule has 2 rings (SSSR count). The molecule has 2 aromatic rings. The molecule has 1 atom stereocenters. The first kappa shape index (κ1) is 15.3. The van der Waals surface area contributed by atoms with Gasteiger partial charge in [0.25, 0.3) is 0 Å². The fourth-order valence-corrected chi connectivity index (χ4v) is 2.04. The molecule has 0 spiro atoms. The summed E-state index contributed by atoms with van der Waals surface area (Å²) in [5.41, 5.74) is 0.742. The van der Waals surface area contributed by atoms with E-state index in [4.69, 9.17) is 9.47 Å². The predicted molar refractivity (Wildman–Crippen MR) is 76.9 cm³/mol. The van der Waals surface area contributed by atoms with E-state index in [1.807, 2.05) is 6.92 Å². The van der Waals surface area contributed by atoms with Crippen LogP contribution in [0.1, 0.15) is 18.5 Å². The Labute approximate surface area is 122 Å². The lowest BCUT2D eigenvalue weighted by atomic mass is 10.1. The SMILES string of the molecule is CNC(C)c1c(OC)cccc1Oc1cc(F)ccc1F. The normalized spacial score (nSPS) is 12.0. The second-order valence-electron chi connectivity index (χ2n) is 4.56. The summed E-state index contributed by atoms with van der Waals surface area (Å²) in [5.74, 6) is -0.306. The van der Waals surface area contributed by atoms with Crippen molar-refractivity contribution in [3.8, 4) is 17.2 Å². The lowest BCUT2D eigenvalue weighted by Gasteiger charge is -2.19. The summed E-state index contributed by atoms with van der Waals surface area (Å²) >= 11 is 0. The molecule has 0 radical (unpaired) electrons. The van der Waals surface area contributed by atoms with Crippen molar-refractivity contribution in [1.29, 1.82) is 0 Å². The fourth-order valence-electron chi connectivity index (χ4n) is 2.04. The van der Waals surface area contributed by atoms with E-state index >= 15 is 0 Å². The van der Waals surface area contributed by atoms with Crippen LogP contribution in [0, 0.1) is 11.6 Å². The molecule has 0 saturated heterocycles. The number of halogens is 2. The predicted octanol–water partition coefficient (Wildman–Crippen LogP) is 4.05. The molecule has 0 aliphatic rings. The van der Waals surface area contributed by atoms with Crippen LogP contribution in [0.25, 0.3) is 0 Å². The lowest BCUT2D eigenvalue weighted by Crippen LogP contribution is -2.14. The molecule has 0 heterocycles. The second kappa shape index (κ2) is 6.54. The van der Waals surface area contributed by atoms with Gasteiger partial charge in [0.2, 0.25) is 0 Å². The molecule has 112 valence electrons. The van der Waals surface area contributed by atoms with Crippen LogP contribution < -0.4 is 14.8 Å². The first-order valence-corrected chi connectivity index (χ1v) is 6.54. The van der Waals surface area contributed by atoms with Crippen LogP contribution in [-0.4, -0.2) is 14.2 Å². The van der Waals surface area contributed by atoms with E-state index in [1.165, 1.54) is 0 Å². The Balaban J connectivity index is 2.46. The first-order chi connectivity index (χ1) is 10.1. The van der Waals surface area contributed by atoms with Crippen molar-refractivity contribution in [3.05, 3.63) is 53.6 Å². The van der Waals surface area contributed by atoms with Gasteiger partial charge in [0.1, 0.15) is 17.3 Å². The largest absolute Gasteiger partial charge is 0.496 e.